The molecule has 0 aliphatic carbocycles. The Balaban J connectivity index is 2.78. The van der Waals surface area contributed by atoms with Gasteiger partial charge in [-0.25, -0.2) is 0 Å². The molecule has 0 saturated carbocycles. The first kappa shape index (κ1) is 12.7. The highest BCUT2D eigenvalue weighted by Gasteiger charge is 2.48. The lowest BCUT2D eigenvalue weighted by Crippen LogP contribution is -2.37. The lowest BCUT2D eigenvalue weighted by molar-refractivity contribution is -0.141. The number of carbonyl (C=O) groups excluding carboxylic acids is 3. The largest absolute Gasteiger partial charge is 0.370 e. The van der Waals surface area contributed by atoms with Gasteiger partial charge in [-0.3, -0.25) is 19.3 Å². The van der Waals surface area contributed by atoms with Crippen LogP contribution in [0.15, 0.2) is 0 Å². The Bertz CT molecular complexity index is 321. The molecule has 16 heavy (non-hydrogen) atoms. The van der Waals surface area contributed by atoms with Gasteiger partial charge in [0.2, 0.25) is 17.7 Å². The molecule has 5 heteroatoms. The third kappa shape index (κ3) is 2.08. The fourth-order valence-electron chi connectivity index (χ4n) is 2.11. The number of rotatable bonds is 5. The van der Waals surface area contributed by atoms with Crippen LogP contribution in [0.5, 0.6) is 0 Å². The SMILES string of the molecule is CCC1(CC)CC(=O)N(CCC(N)=O)C1=O. The first-order chi connectivity index (χ1) is 7.46. The first-order valence-electron chi connectivity index (χ1n) is 5.60. The Labute approximate surface area is 95.0 Å². The second kappa shape index (κ2) is 4.63. The molecule has 1 saturated heterocycles. The summed E-state index contributed by atoms with van der Waals surface area (Å²) in [6.45, 7) is 3.94. The van der Waals surface area contributed by atoms with Crippen molar-refractivity contribution in [2.45, 2.75) is 39.5 Å². The predicted octanol–water partition coefficient (Wildman–Crippen LogP) is 0.427. The first-order valence-corrected chi connectivity index (χ1v) is 5.60. The van der Waals surface area contributed by atoms with Gasteiger partial charge in [0.25, 0.3) is 0 Å². The van der Waals surface area contributed by atoms with Crippen LogP contribution in [0.3, 0.4) is 0 Å². The van der Waals surface area contributed by atoms with E-state index in [1.165, 1.54) is 4.90 Å². The van der Waals surface area contributed by atoms with E-state index in [0.29, 0.717) is 12.8 Å². The van der Waals surface area contributed by atoms with Gasteiger partial charge in [-0.2, -0.15) is 0 Å². The fourth-order valence-corrected chi connectivity index (χ4v) is 2.11. The van der Waals surface area contributed by atoms with Gasteiger partial charge in [-0.15, -0.1) is 0 Å². The Hall–Kier alpha value is -1.39. The molecule has 1 aliphatic rings. The van der Waals surface area contributed by atoms with Crippen LogP contribution < -0.4 is 5.73 Å². The van der Waals surface area contributed by atoms with Crippen LogP contribution in [0, 0.1) is 5.41 Å². The smallest absolute Gasteiger partial charge is 0.235 e. The monoisotopic (exact) mass is 226 g/mol. The van der Waals surface area contributed by atoms with Crippen molar-refractivity contribution in [3.05, 3.63) is 0 Å². The zero-order valence-corrected chi connectivity index (χ0v) is 9.78. The van der Waals surface area contributed by atoms with Crippen molar-refractivity contribution in [1.82, 2.24) is 4.90 Å². The Morgan fingerprint density at radius 3 is 2.31 bits per heavy atom. The quantitative estimate of drug-likeness (QED) is 0.690. The number of nitrogens with two attached hydrogens (primary N) is 1. The molecule has 2 N–H and O–H groups in total. The van der Waals surface area contributed by atoms with E-state index in [4.69, 9.17) is 5.73 Å². The summed E-state index contributed by atoms with van der Waals surface area (Å²) in [4.78, 5) is 35.6. The average Bonchev–Trinajstić information content (AvgIpc) is 2.48. The summed E-state index contributed by atoms with van der Waals surface area (Å²) in [6, 6.07) is 0. The number of hydrogen-bond acceptors (Lipinski definition) is 3. The average molecular weight is 226 g/mol. The van der Waals surface area contributed by atoms with E-state index in [1.807, 2.05) is 13.8 Å². The van der Waals surface area contributed by atoms with Gasteiger partial charge in [0.05, 0.1) is 5.41 Å². The maximum absolute atomic E-state index is 12.1. The summed E-state index contributed by atoms with van der Waals surface area (Å²) in [6.07, 6.45) is 1.61. The summed E-state index contributed by atoms with van der Waals surface area (Å²) in [5.74, 6) is -0.829. The van der Waals surface area contributed by atoms with E-state index in [0.717, 1.165) is 0 Å². The van der Waals surface area contributed by atoms with Crippen LogP contribution in [-0.2, 0) is 14.4 Å². The van der Waals surface area contributed by atoms with Crippen LogP contribution in [0.25, 0.3) is 0 Å². The summed E-state index contributed by atoms with van der Waals surface area (Å²) in [5.41, 5.74) is 4.46. The van der Waals surface area contributed by atoms with Crippen LogP contribution in [-0.4, -0.2) is 29.2 Å². The van der Waals surface area contributed by atoms with Crippen LogP contribution >= 0.6 is 0 Å². The van der Waals surface area contributed by atoms with Crippen molar-refractivity contribution in [2.24, 2.45) is 11.1 Å². The minimum absolute atomic E-state index is 0.0426. The minimum Gasteiger partial charge on any atom is -0.370 e. The van der Waals surface area contributed by atoms with E-state index < -0.39 is 11.3 Å². The van der Waals surface area contributed by atoms with Gasteiger partial charge >= 0.3 is 0 Å². The van der Waals surface area contributed by atoms with E-state index in [9.17, 15) is 14.4 Å². The Kier molecular flexibility index (Phi) is 3.67. The van der Waals surface area contributed by atoms with E-state index in [1.54, 1.807) is 0 Å². The molecule has 0 unspecified atom stereocenters. The normalized spacial score (nSPS) is 19.2. The topological polar surface area (TPSA) is 80.5 Å². The predicted molar refractivity (Wildman–Crippen MR) is 58.2 cm³/mol. The zero-order valence-electron chi connectivity index (χ0n) is 9.78. The third-order valence-corrected chi connectivity index (χ3v) is 3.42. The molecule has 0 bridgehead atoms. The minimum atomic E-state index is -0.547. The van der Waals surface area contributed by atoms with Crippen molar-refractivity contribution in [2.75, 3.05) is 6.54 Å². The summed E-state index contributed by atoms with van der Waals surface area (Å²) in [5, 5.41) is 0. The molecule has 5 nitrogen and oxygen atoms in total. The van der Waals surface area contributed by atoms with Gasteiger partial charge < -0.3 is 5.73 Å². The van der Waals surface area contributed by atoms with Crippen molar-refractivity contribution in [1.29, 1.82) is 0 Å². The molecule has 0 radical (unpaired) electrons. The number of primary amides is 1. The lowest BCUT2D eigenvalue weighted by Gasteiger charge is -2.23. The highest BCUT2D eigenvalue weighted by atomic mass is 16.2. The second-order valence-corrected chi connectivity index (χ2v) is 4.23. The molecule has 0 aromatic rings. The molecule has 1 rings (SSSR count). The van der Waals surface area contributed by atoms with Crippen molar-refractivity contribution in [3.8, 4) is 0 Å². The van der Waals surface area contributed by atoms with E-state index >= 15 is 0 Å². The van der Waals surface area contributed by atoms with Crippen molar-refractivity contribution < 1.29 is 14.4 Å². The van der Waals surface area contributed by atoms with Gasteiger partial charge in [0, 0.05) is 19.4 Å². The lowest BCUT2D eigenvalue weighted by atomic mass is 9.81. The standard InChI is InChI=1S/C11H18N2O3/c1-3-11(4-2)7-9(15)13(10(11)16)6-5-8(12)14/h3-7H2,1-2H3,(H2,12,14). The molecular formula is C11H18N2O3. The number of carbonyl (C=O) groups is 3. The highest BCUT2D eigenvalue weighted by molar-refractivity contribution is 6.06. The highest BCUT2D eigenvalue weighted by Crippen LogP contribution is 2.38. The third-order valence-electron chi connectivity index (χ3n) is 3.42. The second-order valence-electron chi connectivity index (χ2n) is 4.23. The van der Waals surface area contributed by atoms with Crippen LogP contribution in [0.4, 0.5) is 0 Å². The van der Waals surface area contributed by atoms with Crippen LogP contribution in [0.1, 0.15) is 39.5 Å². The fraction of sp³-hybridized carbons (Fsp3) is 0.727. The molecule has 1 heterocycles. The van der Waals surface area contributed by atoms with Gasteiger partial charge in [-0.1, -0.05) is 13.8 Å². The zero-order chi connectivity index (χ0) is 12.3. The number of amides is 3. The van der Waals surface area contributed by atoms with Crippen molar-refractivity contribution >= 4 is 17.7 Å². The van der Waals surface area contributed by atoms with E-state index in [-0.39, 0.29) is 31.2 Å². The molecule has 1 fully saturated rings. The van der Waals surface area contributed by atoms with Gasteiger partial charge in [0.1, 0.15) is 0 Å². The molecule has 0 aromatic heterocycles. The number of imide groups is 1. The summed E-state index contributed by atoms with van der Waals surface area (Å²) in [7, 11) is 0. The molecule has 0 spiro atoms. The number of likely N-dealkylation sites (tertiary alicyclic amines) is 1. The maximum Gasteiger partial charge on any atom is 0.235 e. The molecule has 0 aromatic carbocycles. The van der Waals surface area contributed by atoms with Crippen molar-refractivity contribution in [3.63, 3.8) is 0 Å². The van der Waals surface area contributed by atoms with Crippen LogP contribution in [0.2, 0.25) is 0 Å². The van der Waals surface area contributed by atoms with Gasteiger partial charge in [-0.05, 0) is 12.8 Å². The van der Waals surface area contributed by atoms with E-state index in [2.05, 4.69) is 0 Å². The molecule has 90 valence electrons. The van der Waals surface area contributed by atoms with Gasteiger partial charge in [0.15, 0.2) is 0 Å². The number of nitrogens with zero attached hydrogens (tertiary/aromatic N) is 1. The Morgan fingerprint density at radius 1 is 1.38 bits per heavy atom. The number of hydrogen-bond donors (Lipinski definition) is 1. The Morgan fingerprint density at radius 2 is 1.94 bits per heavy atom. The molecule has 0 atom stereocenters. The molecular weight excluding hydrogens is 208 g/mol. The maximum atomic E-state index is 12.1. The summed E-state index contributed by atoms with van der Waals surface area (Å²) >= 11 is 0. The molecule has 1 aliphatic heterocycles. The molecule has 3 amide bonds. The summed E-state index contributed by atoms with van der Waals surface area (Å²) < 4.78 is 0.